The van der Waals surface area contributed by atoms with Gasteiger partial charge in [-0.25, -0.2) is 9.59 Å². The fourth-order valence-electron chi connectivity index (χ4n) is 2.17. The van der Waals surface area contributed by atoms with Crippen LogP contribution in [0.1, 0.15) is 36.0 Å². The van der Waals surface area contributed by atoms with Gasteiger partial charge in [-0.2, -0.15) is 0 Å². The van der Waals surface area contributed by atoms with E-state index in [9.17, 15) is 24.5 Å². The quantitative estimate of drug-likeness (QED) is 0.482. The van der Waals surface area contributed by atoms with Gasteiger partial charge < -0.3 is 14.8 Å². The average Bonchev–Trinajstić information content (AvgIpc) is 2.96. The number of anilines is 1. The van der Waals surface area contributed by atoms with Crippen LogP contribution >= 0.6 is 11.3 Å². The maximum Gasteiger partial charge on any atom is 0.348 e. The lowest BCUT2D eigenvalue weighted by Crippen LogP contribution is -2.14. The molecule has 0 radical (unpaired) electrons. The van der Waals surface area contributed by atoms with Crippen LogP contribution < -0.4 is 5.32 Å². The van der Waals surface area contributed by atoms with Crippen molar-refractivity contribution in [3.8, 4) is 0 Å². The number of hydrogen-bond acceptors (Lipinski definition) is 8. The molecule has 0 aliphatic carbocycles. The van der Waals surface area contributed by atoms with Crippen molar-refractivity contribution < 1.29 is 28.8 Å². The number of carbonyl (C=O) groups excluding carboxylic acids is 3. The van der Waals surface area contributed by atoms with Crippen LogP contribution in [0.3, 0.4) is 0 Å². The van der Waals surface area contributed by atoms with E-state index in [0.717, 1.165) is 17.4 Å². The molecule has 0 fully saturated rings. The largest absolute Gasteiger partial charge is 0.465 e. The van der Waals surface area contributed by atoms with Gasteiger partial charge in [0.1, 0.15) is 9.88 Å². The highest BCUT2D eigenvalue weighted by Crippen LogP contribution is 2.34. The topological polar surface area (TPSA) is 125 Å². The Kier molecular flexibility index (Phi) is 5.68. The Morgan fingerprint density at radius 2 is 1.81 bits per heavy atom. The first-order valence-corrected chi connectivity index (χ1v) is 7.97. The zero-order valence-corrected chi connectivity index (χ0v) is 14.8. The summed E-state index contributed by atoms with van der Waals surface area (Å²) in [6, 6.07) is 5.12. The number of benzene rings is 1. The second kappa shape index (κ2) is 7.74. The third-order valence-electron chi connectivity index (χ3n) is 3.45. The van der Waals surface area contributed by atoms with E-state index in [1.54, 1.807) is 0 Å². The van der Waals surface area contributed by atoms with Crippen molar-refractivity contribution in [1.29, 1.82) is 0 Å². The summed E-state index contributed by atoms with van der Waals surface area (Å²) in [5.41, 5.74) is 0.115. The molecule has 26 heavy (non-hydrogen) atoms. The molecular formula is C16H14N2O7S. The van der Waals surface area contributed by atoms with Crippen molar-refractivity contribution >= 4 is 39.9 Å². The molecule has 2 rings (SSSR count). The highest BCUT2D eigenvalue weighted by molar-refractivity contribution is 7.18. The summed E-state index contributed by atoms with van der Waals surface area (Å²) in [6.45, 7) is 1.53. The number of rotatable bonds is 5. The van der Waals surface area contributed by atoms with Crippen LogP contribution in [0, 0.1) is 17.0 Å². The Bertz CT molecular complexity index is 904. The number of ether oxygens (including phenoxy) is 2. The predicted molar refractivity (Wildman–Crippen MR) is 92.8 cm³/mol. The smallest absolute Gasteiger partial charge is 0.348 e. The predicted octanol–water partition coefficient (Wildman–Crippen LogP) is 2.79. The third kappa shape index (κ3) is 3.70. The molecule has 0 aliphatic rings. The van der Waals surface area contributed by atoms with Gasteiger partial charge in [-0.05, 0) is 18.6 Å². The van der Waals surface area contributed by atoms with E-state index in [4.69, 9.17) is 4.74 Å². The molecule has 1 N–H and O–H groups in total. The van der Waals surface area contributed by atoms with Crippen molar-refractivity contribution in [3.05, 3.63) is 55.9 Å². The Hall–Kier alpha value is -3.27. The molecule has 136 valence electrons. The number of esters is 2. The zero-order valence-electron chi connectivity index (χ0n) is 14.0. The summed E-state index contributed by atoms with van der Waals surface area (Å²) in [6.07, 6.45) is 0. The van der Waals surface area contributed by atoms with Gasteiger partial charge in [-0.1, -0.05) is 6.07 Å². The molecule has 1 amide bonds. The van der Waals surface area contributed by atoms with E-state index < -0.39 is 22.8 Å². The fraction of sp³-hybridized carbons (Fsp3) is 0.188. The van der Waals surface area contributed by atoms with Gasteiger partial charge in [0.2, 0.25) is 0 Å². The van der Waals surface area contributed by atoms with Crippen molar-refractivity contribution in [2.75, 3.05) is 19.5 Å². The van der Waals surface area contributed by atoms with Crippen molar-refractivity contribution in [2.24, 2.45) is 0 Å². The fourth-order valence-corrected chi connectivity index (χ4v) is 3.28. The van der Waals surface area contributed by atoms with E-state index in [0.29, 0.717) is 5.56 Å². The molecule has 0 saturated carbocycles. The van der Waals surface area contributed by atoms with Gasteiger partial charge >= 0.3 is 11.9 Å². The molecule has 10 heteroatoms. The number of carbonyl (C=O) groups is 3. The SMILES string of the molecule is COC(=O)c1sc(NC(=O)c2cccc([N+](=O)[O-])c2)c(C(=O)OC)c1C. The normalized spacial score (nSPS) is 10.1. The second-order valence-electron chi connectivity index (χ2n) is 5.01. The van der Waals surface area contributed by atoms with Crippen LogP contribution in [-0.4, -0.2) is 37.0 Å². The molecule has 0 atom stereocenters. The maximum atomic E-state index is 12.4. The Morgan fingerprint density at radius 3 is 2.38 bits per heavy atom. The lowest BCUT2D eigenvalue weighted by atomic mass is 10.1. The molecule has 9 nitrogen and oxygen atoms in total. The first-order valence-electron chi connectivity index (χ1n) is 7.16. The third-order valence-corrected chi connectivity index (χ3v) is 4.64. The summed E-state index contributed by atoms with van der Waals surface area (Å²) < 4.78 is 9.36. The van der Waals surface area contributed by atoms with Crippen LogP contribution in [0.5, 0.6) is 0 Å². The molecule has 1 aromatic heterocycles. The number of thiophene rings is 1. The standard InChI is InChI=1S/C16H14N2O7S/c1-8-11(15(20)24-2)14(26-12(8)16(21)25-3)17-13(19)9-5-4-6-10(7-9)18(22)23/h4-7H,1-3H3,(H,17,19). The molecule has 0 spiro atoms. The molecule has 1 heterocycles. The summed E-state index contributed by atoms with van der Waals surface area (Å²) in [5, 5.41) is 13.4. The van der Waals surface area contributed by atoms with E-state index in [-0.39, 0.29) is 26.7 Å². The Morgan fingerprint density at radius 1 is 1.15 bits per heavy atom. The minimum atomic E-state index is -0.733. The molecule has 1 aromatic carbocycles. The number of nitro benzene ring substituents is 1. The molecule has 0 saturated heterocycles. The molecule has 0 bridgehead atoms. The summed E-state index contributed by atoms with van der Waals surface area (Å²) >= 11 is 0.855. The number of amides is 1. The molecule has 0 aliphatic heterocycles. The first-order chi connectivity index (χ1) is 12.3. The number of non-ortho nitro benzene ring substituents is 1. The van der Waals surface area contributed by atoms with Gasteiger partial charge in [0, 0.05) is 17.7 Å². The number of nitrogens with one attached hydrogen (secondary N) is 1. The van der Waals surface area contributed by atoms with E-state index in [1.165, 1.54) is 39.3 Å². The first kappa shape index (κ1) is 19.1. The summed E-state index contributed by atoms with van der Waals surface area (Å²) in [7, 11) is 2.37. The van der Waals surface area contributed by atoms with Gasteiger partial charge in [-0.15, -0.1) is 11.3 Å². The van der Waals surface area contributed by atoms with E-state index >= 15 is 0 Å². The number of nitrogens with zero attached hydrogens (tertiary/aromatic N) is 1. The van der Waals surface area contributed by atoms with Crippen molar-refractivity contribution in [3.63, 3.8) is 0 Å². The molecular weight excluding hydrogens is 364 g/mol. The van der Waals surface area contributed by atoms with Crippen molar-refractivity contribution in [1.82, 2.24) is 0 Å². The van der Waals surface area contributed by atoms with E-state index in [1.807, 2.05) is 0 Å². The van der Waals surface area contributed by atoms with Crippen molar-refractivity contribution in [2.45, 2.75) is 6.92 Å². The van der Waals surface area contributed by atoms with Crippen LogP contribution in [0.4, 0.5) is 10.7 Å². The lowest BCUT2D eigenvalue weighted by Gasteiger charge is -2.06. The maximum absolute atomic E-state index is 12.4. The number of hydrogen-bond donors (Lipinski definition) is 1. The highest BCUT2D eigenvalue weighted by Gasteiger charge is 2.27. The van der Waals surface area contributed by atoms with Crippen LogP contribution in [0.2, 0.25) is 0 Å². The van der Waals surface area contributed by atoms with Crippen LogP contribution in [0.15, 0.2) is 24.3 Å². The zero-order chi connectivity index (χ0) is 19.4. The number of methoxy groups -OCH3 is 2. The summed E-state index contributed by atoms with van der Waals surface area (Å²) in [4.78, 5) is 46.6. The molecule has 0 unspecified atom stereocenters. The van der Waals surface area contributed by atoms with Crippen LogP contribution in [0.25, 0.3) is 0 Å². The number of nitro groups is 1. The van der Waals surface area contributed by atoms with Gasteiger partial charge in [0.25, 0.3) is 11.6 Å². The molecule has 2 aromatic rings. The van der Waals surface area contributed by atoms with Gasteiger partial charge in [0.15, 0.2) is 0 Å². The minimum absolute atomic E-state index is 0.0247. The summed E-state index contributed by atoms with van der Waals surface area (Å²) in [5.74, 6) is -2.06. The lowest BCUT2D eigenvalue weighted by molar-refractivity contribution is -0.384. The Balaban J connectivity index is 2.43. The highest BCUT2D eigenvalue weighted by atomic mass is 32.1. The van der Waals surface area contributed by atoms with E-state index in [2.05, 4.69) is 10.1 Å². The second-order valence-corrected chi connectivity index (χ2v) is 6.03. The average molecular weight is 378 g/mol. The van der Waals surface area contributed by atoms with Gasteiger partial charge in [0.05, 0.1) is 24.7 Å². The van der Waals surface area contributed by atoms with Gasteiger partial charge in [-0.3, -0.25) is 14.9 Å². The minimum Gasteiger partial charge on any atom is -0.465 e. The Labute approximate surface area is 151 Å². The monoisotopic (exact) mass is 378 g/mol. The van der Waals surface area contributed by atoms with Crippen LogP contribution in [-0.2, 0) is 9.47 Å².